The van der Waals surface area contributed by atoms with E-state index in [-0.39, 0.29) is 24.6 Å². The quantitative estimate of drug-likeness (QED) is 0.798. The number of halogens is 1. The second-order valence-corrected chi connectivity index (χ2v) is 4.52. The summed E-state index contributed by atoms with van der Waals surface area (Å²) in [4.78, 5) is 23.5. The van der Waals surface area contributed by atoms with Gasteiger partial charge in [0, 0.05) is 5.02 Å². The monoisotopic (exact) mass is 280 g/mol. The van der Waals surface area contributed by atoms with Crippen molar-refractivity contribution in [2.45, 2.75) is 20.3 Å². The number of anilines is 1. The second kappa shape index (κ2) is 5.40. The second-order valence-electron chi connectivity index (χ2n) is 4.08. The molecule has 0 bridgehead atoms. The molecule has 1 heterocycles. The summed E-state index contributed by atoms with van der Waals surface area (Å²) >= 11 is 5.87. The average Bonchev–Trinajstić information content (AvgIpc) is 2.72. The van der Waals surface area contributed by atoms with Crippen molar-refractivity contribution >= 4 is 34.9 Å². The maximum absolute atomic E-state index is 11.9. The molecule has 5 nitrogen and oxygen atoms in total. The minimum Gasteiger partial charge on any atom is -0.461 e. The standard InChI is InChI=1S/C13H13ClN2O3/c1-3-19-13(18)10-7-12(17)16(15-10)11-5-4-9(14)6-8(11)2/h4-6H,3,7H2,1-2H3. The zero-order valence-electron chi connectivity index (χ0n) is 10.6. The molecule has 0 aromatic heterocycles. The van der Waals surface area contributed by atoms with Crippen molar-refractivity contribution in [2.24, 2.45) is 5.10 Å². The molecule has 1 aromatic rings. The molecule has 19 heavy (non-hydrogen) atoms. The molecule has 1 aromatic carbocycles. The number of benzene rings is 1. The lowest BCUT2D eigenvalue weighted by atomic mass is 10.2. The Morgan fingerprint density at radius 1 is 1.53 bits per heavy atom. The minimum atomic E-state index is -0.551. The van der Waals surface area contributed by atoms with Gasteiger partial charge in [-0.1, -0.05) is 11.6 Å². The number of ether oxygens (including phenoxy) is 1. The smallest absolute Gasteiger partial charge is 0.355 e. The molecule has 1 amide bonds. The Bertz CT molecular complexity index is 569. The van der Waals surface area contributed by atoms with Gasteiger partial charge in [0.2, 0.25) is 0 Å². The number of carbonyl (C=O) groups is 2. The summed E-state index contributed by atoms with van der Waals surface area (Å²) in [5.74, 6) is -0.807. The number of rotatable bonds is 3. The first-order valence-corrected chi connectivity index (χ1v) is 6.24. The molecule has 0 fully saturated rings. The SMILES string of the molecule is CCOC(=O)C1=NN(c2ccc(Cl)cc2C)C(=O)C1. The molecule has 1 aliphatic heterocycles. The van der Waals surface area contributed by atoms with Crippen molar-refractivity contribution in [2.75, 3.05) is 11.6 Å². The lowest BCUT2D eigenvalue weighted by Crippen LogP contribution is -2.20. The fourth-order valence-corrected chi connectivity index (χ4v) is 2.03. The molecule has 2 rings (SSSR count). The fourth-order valence-electron chi connectivity index (χ4n) is 1.80. The Hall–Kier alpha value is -1.88. The van der Waals surface area contributed by atoms with Gasteiger partial charge < -0.3 is 4.74 Å². The Balaban J connectivity index is 2.30. The topological polar surface area (TPSA) is 59.0 Å². The zero-order chi connectivity index (χ0) is 14.0. The molecule has 0 unspecified atom stereocenters. The van der Waals surface area contributed by atoms with Crippen LogP contribution in [-0.4, -0.2) is 24.2 Å². The molecule has 0 spiro atoms. The zero-order valence-corrected chi connectivity index (χ0v) is 11.4. The molecular formula is C13H13ClN2O3. The Labute approximate surface area is 115 Å². The van der Waals surface area contributed by atoms with Gasteiger partial charge in [0.05, 0.1) is 18.7 Å². The number of hydrogen-bond acceptors (Lipinski definition) is 4. The number of hydrazone groups is 1. The van der Waals surface area contributed by atoms with Crippen LogP contribution in [0, 0.1) is 6.92 Å². The van der Waals surface area contributed by atoms with E-state index in [9.17, 15) is 9.59 Å². The van der Waals surface area contributed by atoms with Gasteiger partial charge in [0.15, 0.2) is 5.71 Å². The van der Waals surface area contributed by atoms with Crippen LogP contribution < -0.4 is 5.01 Å². The molecule has 0 saturated carbocycles. The van der Waals surface area contributed by atoms with Gasteiger partial charge in [-0.25, -0.2) is 4.79 Å². The van der Waals surface area contributed by atoms with E-state index in [1.54, 1.807) is 25.1 Å². The molecule has 0 atom stereocenters. The summed E-state index contributed by atoms with van der Waals surface area (Å²) in [6.07, 6.45) is -0.0408. The summed E-state index contributed by atoms with van der Waals surface area (Å²) < 4.78 is 4.84. The number of carbonyl (C=O) groups excluding carboxylic acids is 2. The maximum Gasteiger partial charge on any atom is 0.355 e. The number of aryl methyl sites for hydroxylation is 1. The van der Waals surface area contributed by atoms with E-state index in [0.29, 0.717) is 10.7 Å². The lowest BCUT2D eigenvalue weighted by Gasteiger charge is -2.14. The number of nitrogens with zero attached hydrogens (tertiary/aromatic N) is 2. The third-order valence-corrected chi connectivity index (χ3v) is 2.91. The highest BCUT2D eigenvalue weighted by atomic mass is 35.5. The van der Waals surface area contributed by atoms with Gasteiger partial charge in [-0.2, -0.15) is 10.1 Å². The summed E-state index contributed by atoms with van der Waals surface area (Å²) in [5.41, 5.74) is 1.56. The molecule has 0 aliphatic carbocycles. The first kappa shape index (κ1) is 13.5. The number of amides is 1. The molecule has 100 valence electrons. The van der Waals surface area contributed by atoms with Crippen molar-refractivity contribution in [3.63, 3.8) is 0 Å². The van der Waals surface area contributed by atoms with E-state index in [2.05, 4.69) is 5.10 Å². The van der Waals surface area contributed by atoms with Crippen molar-refractivity contribution in [3.8, 4) is 0 Å². The first-order chi connectivity index (χ1) is 9.02. The van der Waals surface area contributed by atoms with Gasteiger partial charge in [0.25, 0.3) is 5.91 Å². The highest BCUT2D eigenvalue weighted by Gasteiger charge is 2.30. The Morgan fingerprint density at radius 3 is 2.89 bits per heavy atom. The van der Waals surface area contributed by atoms with Gasteiger partial charge >= 0.3 is 5.97 Å². The van der Waals surface area contributed by atoms with E-state index < -0.39 is 5.97 Å². The average molecular weight is 281 g/mol. The van der Waals surface area contributed by atoms with E-state index in [1.165, 1.54) is 5.01 Å². The van der Waals surface area contributed by atoms with Gasteiger partial charge in [-0.3, -0.25) is 4.79 Å². The van der Waals surface area contributed by atoms with Crippen LogP contribution in [0.4, 0.5) is 5.69 Å². The normalized spacial score (nSPS) is 14.6. The van der Waals surface area contributed by atoms with E-state index in [0.717, 1.165) is 5.56 Å². The van der Waals surface area contributed by atoms with Crippen LogP contribution in [0.25, 0.3) is 0 Å². The van der Waals surface area contributed by atoms with Crippen molar-refractivity contribution in [1.82, 2.24) is 0 Å². The van der Waals surface area contributed by atoms with Crippen LogP contribution in [-0.2, 0) is 14.3 Å². The van der Waals surface area contributed by atoms with Crippen LogP contribution >= 0.6 is 11.6 Å². The maximum atomic E-state index is 11.9. The Kier molecular flexibility index (Phi) is 3.85. The molecule has 0 N–H and O–H groups in total. The lowest BCUT2D eigenvalue weighted by molar-refractivity contribution is -0.135. The van der Waals surface area contributed by atoms with Crippen LogP contribution in [0.15, 0.2) is 23.3 Å². The predicted molar refractivity (Wildman–Crippen MR) is 72.4 cm³/mol. The van der Waals surface area contributed by atoms with Crippen LogP contribution in [0.1, 0.15) is 18.9 Å². The highest BCUT2D eigenvalue weighted by molar-refractivity contribution is 6.42. The summed E-state index contributed by atoms with van der Waals surface area (Å²) in [5, 5.41) is 5.84. The van der Waals surface area contributed by atoms with Crippen LogP contribution in [0.3, 0.4) is 0 Å². The fraction of sp³-hybridized carbons (Fsp3) is 0.308. The highest BCUT2D eigenvalue weighted by Crippen LogP contribution is 2.27. The van der Waals surface area contributed by atoms with Gasteiger partial charge in [-0.05, 0) is 37.6 Å². The van der Waals surface area contributed by atoms with Gasteiger partial charge in [-0.15, -0.1) is 0 Å². The minimum absolute atomic E-state index is 0.0408. The molecular weight excluding hydrogens is 268 g/mol. The Morgan fingerprint density at radius 2 is 2.26 bits per heavy atom. The summed E-state index contributed by atoms with van der Waals surface area (Å²) in [7, 11) is 0. The number of esters is 1. The molecule has 0 saturated heterocycles. The van der Waals surface area contributed by atoms with E-state index in [1.807, 2.05) is 6.92 Å². The third kappa shape index (κ3) is 2.76. The number of hydrogen-bond donors (Lipinski definition) is 0. The molecule has 1 aliphatic rings. The largest absolute Gasteiger partial charge is 0.461 e. The van der Waals surface area contributed by atoms with Crippen LogP contribution in [0.2, 0.25) is 5.02 Å². The summed E-state index contributed by atoms with van der Waals surface area (Å²) in [6, 6.07) is 5.12. The van der Waals surface area contributed by atoms with E-state index >= 15 is 0 Å². The molecule has 0 radical (unpaired) electrons. The van der Waals surface area contributed by atoms with Gasteiger partial charge in [0.1, 0.15) is 0 Å². The third-order valence-electron chi connectivity index (χ3n) is 2.67. The van der Waals surface area contributed by atoms with Crippen molar-refractivity contribution in [1.29, 1.82) is 0 Å². The predicted octanol–water partition coefficient (Wildman–Crippen LogP) is 2.30. The van der Waals surface area contributed by atoms with E-state index in [4.69, 9.17) is 16.3 Å². The van der Waals surface area contributed by atoms with Crippen LogP contribution in [0.5, 0.6) is 0 Å². The first-order valence-electron chi connectivity index (χ1n) is 5.86. The van der Waals surface area contributed by atoms with Crippen molar-refractivity contribution in [3.05, 3.63) is 28.8 Å². The summed E-state index contributed by atoms with van der Waals surface area (Å²) in [6.45, 7) is 3.79. The van der Waals surface area contributed by atoms with Crippen molar-refractivity contribution < 1.29 is 14.3 Å². The molecule has 6 heteroatoms.